The SMILES string of the molecule is CCCC1CCN(CC(O)(CC)CC)CC1. The molecule has 1 aliphatic rings. The van der Waals surface area contributed by atoms with E-state index >= 15 is 0 Å². The van der Waals surface area contributed by atoms with Crippen molar-refractivity contribution in [3.05, 3.63) is 0 Å². The van der Waals surface area contributed by atoms with E-state index in [4.69, 9.17) is 0 Å². The summed E-state index contributed by atoms with van der Waals surface area (Å²) in [5.74, 6) is 0.942. The Hall–Kier alpha value is -0.0800. The van der Waals surface area contributed by atoms with Crippen LogP contribution in [0.4, 0.5) is 0 Å². The molecular weight excluding hydrogens is 198 g/mol. The Balaban J connectivity index is 2.31. The number of β-amino-alcohol motifs (C(OH)–C–C–N with tert-alkyl or cyclic N) is 1. The fourth-order valence-electron chi connectivity index (χ4n) is 2.73. The quantitative estimate of drug-likeness (QED) is 0.754. The number of aliphatic hydroxyl groups is 1. The third-order valence-electron chi connectivity index (χ3n) is 4.24. The van der Waals surface area contributed by atoms with Gasteiger partial charge in [0.2, 0.25) is 0 Å². The fraction of sp³-hybridized carbons (Fsp3) is 1.00. The molecule has 0 saturated carbocycles. The average Bonchev–Trinajstić information content (AvgIpc) is 2.32. The fourth-order valence-corrected chi connectivity index (χ4v) is 2.73. The summed E-state index contributed by atoms with van der Waals surface area (Å²) in [7, 11) is 0. The number of hydrogen-bond acceptors (Lipinski definition) is 2. The van der Waals surface area contributed by atoms with Gasteiger partial charge in [0.1, 0.15) is 0 Å². The number of piperidine rings is 1. The second-order valence-corrected chi connectivity index (χ2v) is 5.44. The molecule has 0 aromatic heterocycles. The van der Waals surface area contributed by atoms with Crippen LogP contribution in [0.25, 0.3) is 0 Å². The minimum atomic E-state index is -0.447. The van der Waals surface area contributed by atoms with E-state index in [1.165, 1.54) is 38.8 Å². The Bertz CT molecular complexity index is 181. The first-order chi connectivity index (χ1) is 7.63. The van der Waals surface area contributed by atoms with Crippen LogP contribution in [0.2, 0.25) is 0 Å². The Morgan fingerprint density at radius 2 is 1.69 bits per heavy atom. The van der Waals surface area contributed by atoms with E-state index in [-0.39, 0.29) is 0 Å². The van der Waals surface area contributed by atoms with Gasteiger partial charge in [0, 0.05) is 6.54 Å². The van der Waals surface area contributed by atoms with Crippen LogP contribution >= 0.6 is 0 Å². The molecule has 0 aromatic carbocycles. The summed E-state index contributed by atoms with van der Waals surface area (Å²) in [6.45, 7) is 9.71. The standard InChI is InChI=1S/C14H29NO/c1-4-7-13-8-10-15(11-9-13)12-14(16,5-2)6-3/h13,16H,4-12H2,1-3H3. The summed E-state index contributed by atoms with van der Waals surface area (Å²) in [6, 6.07) is 0. The molecule has 0 bridgehead atoms. The topological polar surface area (TPSA) is 23.5 Å². The number of hydrogen-bond donors (Lipinski definition) is 1. The molecule has 0 unspecified atom stereocenters. The molecule has 0 aromatic rings. The molecule has 1 fully saturated rings. The molecule has 1 N–H and O–H groups in total. The molecule has 1 aliphatic heterocycles. The lowest BCUT2D eigenvalue weighted by Gasteiger charge is -2.37. The molecule has 1 saturated heterocycles. The molecule has 0 amide bonds. The van der Waals surface area contributed by atoms with Gasteiger partial charge in [-0.05, 0) is 44.7 Å². The molecule has 2 heteroatoms. The van der Waals surface area contributed by atoms with E-state index in [1.807, 2.05) is 0 Å². The van der Waals surface area contributed by atoms with Gasteiger partial charge in [-0.25, -0.2) is 0 Å². The second kappa shape index (κ2) is 6.61. The highest BCUT2D eigenvalue weighted by Gasteiger charge is 2.27. The molecule has 0 atom stereocenters. The van der Waals surface area contributed by atoms with Gasteiger partial charge in [0.05, 0.1) is 5.60 Å². The molecule has 0 spiro atoms. The van der Waals surface area contributed by atoms with Crippen LogP contribution in [0.5, 0.6) is 0 Å². The highest BCUT2D eigenvalue weighted by molar-refractivity contribution is 4.82. The monoisotopic (exact) mass is 227 g/mol. The van der Waals surface area contributed by atoms with Gasteiger partial charge in [0.25, 0.3) is 0 Å². The predicted octanol–water partition coefficient (Wildman–Crippen LogP) is 3.05. The van der Waals surface area contributed by atoms with Gasteiger partial charge in [-0.15, -0.1) is 0 Å². The van der Waals surface area contributed by atoms with Gasteiger partial charge >= 0.3 is 0 Å². The number of rotatable bonds is 6. The maximum Gasteiger partial charge on any atom is 0.0768 e. The third kappa shape index (κ3) is 4.06. The Morgan fingerprint density at radius 1 is 1.12 bits per heavy atom. The van der Waals surface area contributed by atoms with Crippen molar-refractivity contribution < 1.29 is 5.11 Å². The molecule has 16 heavy (non-hydrogen) atoms. The summed E-state index contributed by atoms with van der Waals surface area (Å²) < 4.78 is 0. The van der Waals surface area contributed by atoms with Crippen LogP contribution in [0.1, 0.15) is 59.3 Å². The van der Waals surface area contributed by atoms with E-state index in [1.54, 1.807) is 0 Å². The summed E-state index contributed by atoms with van der Waals surface area (Å²) in [5.41, 5.74) is -0.447. The Kier molecular flexibility index (Phi) is 5.77. The van der Waals surface area contributed by atoms with Crippen molar-refractivity contribution in [2.45, 2.75) is 64.9 Å². The van der Waals surface area contributed by atoms with Crippen molar-refractivity contribution in [3.8, 4) is 0 Å². The first-order valence-electron chi connectivity index (χ1n) is 7.08. The van der Waals surface area contributed by atoms with Crippen molar-refractivity contribution >= 4 is 0 Å². The normalized spacial score (nSPS) is 20.2. The zero-order chi connectivity index (χ0) is 12.0. The molecular formula is C14H29NO. The first-order valence-corrected chi connectivity index (χ1v) is 7.08. The van der Waals surface area contributed by atoms with Gasteiger partial charge in [-0.3, -0.25) is 0 Å². The molecule has 96 valence electrons. The van der Waals surface area contributed by atoms with E-state index < -0.39 is 5.60 Å². The smallest absolute Gasteiger partial charge is 0.0768 e. The Labute approximate surface area is 101 Å². The van der Waals surface area contributed by atoms with Crippen LogP contribution in [0, 0.1) is 5.92 Å². The maximum absolute atomic E-state index is 10.3. The van der Waals surface area contributed by atoms with Gasteiger partial charge < -0.3 is 10.0 Å². The second-order valence-electron chi connectivity index (χ2n) is 5.44. The molecule has 0 radical (unpaired) electrons. The van der Waals surface area contributed by atoms with E-state index in [0.717, 1.165) is 25.3 Å². The van der Waals surface area contributed by atoms with E-state index in [0.29, 0.717) is 0 Å². The highest BCUT2D eigenvalue weighted by atomic mass is 16.3. The van der Waals surface area contributed by atoms with Crippen LogP contribution in [-0.4, -0.2) is 35.2 Å². The maximum atomic E-state index is 10.3. The van der Waals surface area contributed by atoms with Crippen LogP contribution in [0.15, 0.2) is 0 Å². The summed E-state index contributed by atoms with van der Waals surface area (Å²) in [4.78, 5) is 2.46. The van der Waals surface area contributed by atoms with Gasteiger partial charge in [-0.1, -0.05) is 33.6 Å². The summed E-state index contributed by atoms with van der Waals surface area (Å²) in [6.07, 6.45) is 7.11. The van der Waals surface area contributed by atoms with Gasteiger partial charge in [-0.2, -0.15) is 0 Å². The summed E-state index contributed by atoms with van der Waals surface area (Å²) >= 11 is 0. The van der Waals surface area contributed by atoms with Crippen molar-refractivity contribution in [3.63, 3.8) is 0 Å². The minimum Gasteiger partial charge on any atom is -0.389 e. The van der Waals surface area contributed by atoms with Crippen molar-refractivity contribution in [2.24, 2.45) is 5.92 Å². The molecule has 1 heterocycles. The van der Waals surface area contributed by atoms with Crippen LogP contribution < -0.4 is 0 Å². The first kappa shape index (κ1) is 14.0. The molecule has 0 aliphatic carbocycles. The summed E-state index contributed by atoms with van der Waals surface area (Å²) in [5, 5.41) is 10.3. The van der Waals surface area contributed by atoms with E-state index in [9.17, 15) is 5.11 Å². The lowest BCUT2D eigenvalue weighted by Crippen LogP contribution is -2.45. The largest absolute Gasteiger partial charge is 0.389 e. The zero-order valence-electron chi connectivity index (χ0n) is 11.3. The predicted molar refractivity (Wildman–Crippen MR) is 69.6 cm³/mol. The van der Waals surface area contributed by atoms with Crippen molar-refractivity contribution in [1.29, 1.82) is 0 Å². The Morgan fingerprint density at radius 3 is 2.12 bits per heavy atom. The van der Waals surface area contributed by atoms with E-state index in [2.05, 4.69) is 25.7 Å². The van der Waals surface area contributed by atoms with Crippen molar-refractivity contribution in [2.75, 3.05) is 19.6 Å². The lowest BCUT2D eigenvalue weighted by molar-refractivity contribution is -0.0118. The molecule has 1 rings (SSSR count). The number of nitrogens with zero attached hydrogens (tertiary/aromatic N) is 1. The average molecular weight is 227 g/mol. The van der Waals surface area contributed by atoms with Crippen LogP contribution in [0.3, 0.4) is 0 Å². The van der Waals surface area contributed by atoms with Gasteiger partial charge in [0.15, 0.2) is 0 Å². The highest BCUT2D eigenvalue weighted by Crippen LogP contribution is 2.24. The lowest BCUT2D eigenvalue weighted by atomic mass is 9.90. The molecule has 2 nitrogen and oxygen atoms in total. The minimum absolute atomic E-state index is 0.447. The van der Waals surface area contributed by atoms with Crippen molar-refractivity contribution in [1.82, 2.24) is 4.90 Å². The third-order valence-corrected chi connectivity index (χ3v) is 4.24. The van der Waals surface area contributed by atoms with Crippen LogP contribution in [-0.2, 0) is 0 Å². The number of likely N-dealkylation sites (tertiary alicyclic amines) is 1. The zero-order valence-corrected chi connectivity index (χ0v) is 11.3.